The van der Waals surface area contributed by atoms with Crippen molar-refractivity contribution in [2.24, 2.45) is 0 Å². The van der Waals surface area contributed by atoms with E-state index in [1.165, 1.54) is 23.1 Å². The minimum atomic E-state index is 0.634. The Hall–Kier alpha value is -1.97. The molecular weight excluding hydrogens is 276 g/mol. The Bertz CT molecular complexity index is 789. The molecule has 92 valence electrons. The van der Waals surface area contributed by atoms with Gasteiger partial charge in [-0.25, -0.2) is 4.98 Å². The van der Waals surface area contributed by atoms with Gasteiger partial charge < -0.3 is 0 Å². The van der Waals surface area contributed by atoms with Crippen LogP contribution in [0.15, 0.2) is 39.7 Å². The number of rotatable bonds is 2. The topological polar surface area (TPSA) is 62.5 Å². The highest BCUT2D eigenvalue weighted by atomic mass is 32.2. The van der Waals surface area contributed by atoms with Crippen LogP contribution in [0, 0.1) is 18.3 Å². The van der Waals surface area contributed by atoms with Crippen LogP contribution in [-0.4, -0.2) is 15.2 Å². The summed E-state index contributed by atoms with van der Waals surface area (Å²) in [5.74, 6) is 0. The Morgan fingerprint density at radius 1 is 1.26 bits per heavy atom. The second kappa shape index (κ2) is 4.96. The summed E-state index contributed by atoms with van der Waals surface area (Å²) in [6.07, 6.45) is 0. The molecule has 0 spiro atoms. The molecule has 0 amide bonds. The van der Waals surface area contributed by atoms with Crippen molar-refractivity contribution >= 4 is 34.0 Å². The molecule has 2 heterocycles. The van der Waals surface area contributed by atoms with Crippen molar-refractivity contribution in [3.8, 4) is 6.07 Å². The van der Waals surface area contributed by atoms with E-state index in [-0.39, 0.29) is 0 Å². The fourth-order valence-electron chi connectivity index (χ4n) is 1.71. The van der Waals surface area contributed by atoms with E-state index in [9.17, 15) is 5.26 Å². The fourth-order valence-corrected chi connectivity index (χ4v) is 3.49. The molecule has 3 aromatic rings. The number of hydrogen-bond donors (Lipinski definition) is 0. The summed E-state index contributed by atoms with van der Waals surface area (Å²) >= 11 is 2.95. The Morgan fingerprint density at radius 3 is 2.84 bits per heavy atom. The van der Waals surface area contributed by atoms with E-state index < -0.39 is 0 Å². The molecule has 0 saturated carbocycles. The number of nitrogens with zero attached hydrogens (tertiary/aromatic N) is 4. The average molecular weight is 284 g/mol. The van der Waals surface area contributed by atoms with E-state index in [2.05, 4.69) is 21.3 Å². The molecule has 3 rings (SSSR count). The third-order valence-electron chi connectivity index (χ3n) is 2.51. The second-order valence-electron chi connectivity index (χ2n) is 3.83. The van der Waals surface area contributed by atoms with Crippen molar-refractivity contribution in [2.45, 2.75) is 16.3 Å². The van der Waals surface area contributed by atoms with Gasteiger partial charge in [0.05, 0.1) is 17.1 Å². The highest BCUT2D eigenvalue weighted by Gasteiger charge is 2.09. The maximum absolute atomic E-state index is 9.22. The minimum Gasteiger partial charge on any atom is -0.241 e. The molecule has 0 radical (unpaired) electrons. The number of pyridine rings is 1. The number of fused-ring (bicyclic) bond motifs is 1. The molecule has 4 nitrogen and oxygen atoms in total. The third-order valence-corrected chi connectivity index (χ3v) is 4.32. The van der Waals surface area contributed by atoms with Crippen LogP contribution in [0.2, 0.25) is 0 Å². The van der Waals surface area contributed by atoms with Gasteiger partial charge in [0.25, 0.3) is 0 Å². The normalized spacial score (nSPS) is 10.5. The molecule has 0 saturated heterocycles. The maximum atomic E-state index is 9.22. The van der Waals surface area contributed by atoms with Gasteiger partial charge >= 0.3 is 0 Å². The molecule has 0 aliphatic heterocycles. The van der Waals surface area contributed by atoms with Crippen molar-refractivity contribution in [3.05, 3.63) is 40.9 Å². The molecule has 0 aliphatic rings. The first-order valence-electron chi connectivity index (χ1n) is 5.54. The molecule has 0 unspecified atom stereocenters. The number of hydrogen-bond acceptors (Lipinski definition) is 6. The van der Waals surface area contributed by atoms with E-state index in [0.29, 0.717) is 5.56 Å². The summed E-state index contributed by atoms with van der Waals surface area (Å²) in [6.45, 7) is 1.91. The molecule has 2 aromatic heterocycles. The Labute approximate surface area is 118 Å². The van der Waals surface area contributed by atoms with Crippen molar-refractivity contribution < 1.29 is 0 Å². The van der Waals surface area contributed by atoms with E-state index in [1.54, 1.807) is 6.07 Å². The molecule has 0 aliphatic carbocycles. The molecule has 6 heteroatoms. The monoisotopic (exact) mass is 284 g/mol. The van der Waals surface area contributed by atoms with Crippen LogP contribution in [0.25, 0.3) is 10.9 Å². The van der Waals surface area contributed by atoms with Crippen molar-refractivity contribution in [1.29, 1.82) is 5.26 Å². The Morgan fingerprint density at radius 2 is 2.11 bits per heavy atom. The lowest BCUT2D eigenvalue weighted by Gasteiger charge is -2.02. The van der Waals surface area contributed by atoms with Crippen LogP contribution < -0.4 is 0 Å². The smallest absolute Gasteiger partial charge is 0.180 e. The molecule has 1 aromatic carbocycles. The van der Waals surface area contributed by atoms with Gasteiger partial charge in [0, 0.05) is 5.39 Å². The number of aromatic nitrogens is 3. The summed E-state index contributed by atoms with van der Waals surface area (Å²) in [5, 5.41) is 19.8. The first-order chi connectivity index (χ1) is 9.26. The highest BCUT2D eigenvalue weighted by Crippen LogP contribution is 2.31. The number of benzene rings is 1. The van der Waals surface area contributed by atoms with Gasteiger partial charge in [-0.3, -0.25) is 0 Å². The van der Waals surface area contributed by atoms with Crippen LogP contribution in [0.4, 0.5) is 0 Å². The zero-order valence-corrected chi connectivity index (χ0v) is 11.6. The SMILES string of the molecule is Cc1nnc(Sc2cc(C#N)c3ccccc3n2)s1. The van der Waals surface area contributed by atoms with E-state index in [0.717, 1.165) is 25.3 Å². The van der Waals surface area contributed by atoms with Crippen molar-refractivity contribution in [1.82, 2.24) is 15.2 Å². The number of nitriles is 1. The molecule has 0 fully saturated rings. The number of para-hydroxylation sites is 1. The highest BCUT2D eigenvalue weighted by molar-refractivity contribution is 8.01. The summed E-state index contributed by atoms with van der Waals surface area (Å²) in [5.41, 5.74) is 1.46. The fraction of sp³-hybridized carbons (Fsp3) is 0.0769. The molecule has 0 atom stereocenters. The van der Waals surface area contributed by atoms with Gasteiger partial charge in [-0.1, -0.05) is 29.5 Å². The van der Waals surface area contributed by atoms with Gasteiger partial charge in [0.15, 0.2) is 4.34 Å². The largest absolute Gasteiger partial charge is 0.241 e. The van der Waals surface area contributed by atoms with Gasteiger partial charge in [-0.15, -0.1) is 10.2 Å². The molecular formula is C13H8N4S2. The van der Waals surface area contributed by atoms with Gasteiger partial charge in [0.2, 0.25) is 0 Å². The lowest BCUT2D eigenvalue weighted by molar-refractivity contribution is 0.981. The van der Waals surface area contributed by atoms with Crippen LogP contribution in [0.1, 0.15) is 10.6 Å². The first-order valence-corrected chi connectivity index (χ1v) is 7.17. The quantitative estimate of drug-likeness (QED) is 0.721. The predicted molar refractivity (Wildman–Crippen MR) is 75.2 cm³/mol. The molecule has 0 bridgehead atoms. The second-order valence-corrected chi connectivity index (χ2v) is 6.28. The van der Waals surface area contributed by atoms with E-state index in [1.807, 2.05) is 31.2 Å². The van der Waals surface area contributed by atoms with Crippen molar-refractivity contribution in [3.63, 3.8) is 0 Å². The standard InChI is InChI=1S/C13H8N4S2/c1-8-16-17-13(18-8)19-12-6-9(7-14)10-4-2-3-5-11(10)15-12/h2-6H,1H3. The Kier molecular flexibility index (Phi) is 3.15. The summed E-state index contributed by atoms with van der Waals surface area (Å²) < 4.78 is 0.837. The van der Waals surface area contributed by atoms with Crippen LogP contribution in [-0.2, 0) is 0 Å². The number of aryl methyl sites for hydroxylation is 1. The van der Waals surface area contributed by atoms with Crippen LogP contribution in [0.5, 0.6) is 0 Å². The lowest BCUT2D eigenvalue weighted by Crippen LogP contribution is -1.87. The maximum Gasteiger partial charge on any atom is 0.180 e. The zero-order valence-electron chi connectivity index (χ0n) is 9.99. The Balaban J connectivity index is 2.07. The van der Waals surface area contributed by atoms with Gasteiger partial charge in [-0.2, -0.15) is 5.26 Å². The first kappa shape index (κ1) is 12.1. The predicted octanol–water partition coefficient (Wildman–Crippen LogP) is 3.42. The third kappa shape index (κ3) is 2.43. The van der Waals surface area contributed by atoms with Crippen LogP contribution in [0.3, 0.4) is 0 Å². The average Bonchev–Trinajstić information content (AvgIpc) is 2.83. The van der Waals surface area contributed by atoms with Gasteiger partial charge in [0.1, 0.15) is 10.0 Å². The molecule has 0 N–H and O–H groups in total. The summed E-state index contributed by atoms with van der Waals surface area (Å²) in [4.78, 5) is 4.54. The summed E-state index contributed by atoms with van der Waals surface area (Å²) in [6, 6.07) is 11.7. The van der Waals surface area contributed by atoms with Crippen molar-refractivity contribution in [2.75, 3.05) is 0 Å². The lowest BCUT2D eigenvalue weighted by atomic mass is 10.1. The van der Waals surface area contributed by atoms with Crippen LogP contribution >= 0.6 is 23.1 Å². The van der Waals surface area contributed by atoms with E-state index >= 15 is 0 Å². The van der Waals surface area contributed by atoms with Gasteiger partial charge in [-0.05, 0) is 30.8 Å². The summed E-state index contributed by atoms with van der Waals surface area (Å²) in [7, 11) is 0. The van der Waals surface area contributed by atoms with E-state index in [4.69, 9.17) is 0 Å². The minimum absolute atomic E-state index is 0.634. The zero-order chi connectivity index (χ0) is 13.2. The molecule has 19 heavy (non-hydrogen) atoms.